The molecule has 8 heteroatoms. The molecule has 1 atom stereocenters. The van der Waals surface area contributed by atoms with Gasteiger partial charge in [-0.2, -0.15) is 13.0 Å². The Labute approximate surface area is 95.4 Å². The van der Waals surface area contributed by atoms with E-state index in [2.05, 4.69) is 0 Å². The second-order valence-corrected chi connectivity index (χ2v) is 8.97. The minimum absolute atomic E-state index is 0.0553. The zero-order chi connectivity index (χ0) is 11.9. The molecule has 0 spiro atoms. The van der Waals surface area contributed by atoms with E-state index in [9.17, 15) is 17.2 Å². The van der Waals surface area contributed by atoms with Crippen LogP contribution in [0.3, 0.4) is 0 Å². The summed E-state index contributed by atoms with van der Waals surface area (Å²) < 4.78 is 49.8. The molecule has 0 aliphatic carbocycles. The highest BCUT2D eigenvalue weighted by molar-refractivity contribution is 8.70. The Bertz CT molecular complexity index is 311. The fourth-order valence-corrected chi connectivity index (χ4v) is 4.58. The summed E-state index contributed by atoms with van der Waals surface area (Å²) in [6.45, 7) is 1.99. The Morgan fingerprint density at radius 2 is 1.87 bits per heavy atom. The third kappa shape index (κ3) is 10.6. The SMILES string of the molecule is CCCCC[S+](=O)(O)CCSS(=O)(=O)O. The van der Waals surface area contributed by atoms with Gasteiger partial charge in [-0.1, -0.05) is 17.6 Å². The molecule has 1 unspecified atom stereocenters. The normalized spacial score (nSPS) is 16.2. The Kier molecular flexibility index (Phi) is 7.02. The highest BCUT2D eigenvalue weighted by Gasteiger charge is 2.24. The van der Waals surface area contributed by atoms with Crippen LogP contribution in [0.1, 0.15) is 26.2 Å². The van der Waals surface area contributed by atoms with E-state index < -0.39 is 19.4 Å². The summed E-state index contributed by atoms with van der Waals surface area (Å²) in [6, 6.07) is 0. The predicted molar refractivity (Wildman–Crippen MR) is 63.9 cm³/mol. The summed E-state index contributed by atoms with van der Waals surface area (Å²) in [5.74, 6) is 0.0499. The molecule has 0 fully saturated rings. The molecule has 0 aromatic rings. The fraction of sp³-hybridized carbons (Fsp3) is 1.00. The van der Waals surface area contributed by atoms with Crippen molar-refractivity contribution in [3.8, 4) is 0 Å². The van der Waals surface area contributed by atoms with E-state index in [4.69, 9.17) is 4.55 Å². The van der Waals surface area contributed by atoms with E-state index in [0.717, 1.165) is 12.8 Å². The lowest BCUT2D eigenvalue weighted by atomic mass is 10.3. The summed E-state index contributed by atoms with van der Waals surface area (Å²) in [7, 11) is -6.73. The lowest BCUT2D eigenvalue weighted by molar-refractivity contribution is 0.495. The molecule has 0 saturated heterocycles. The van der Waals surface area contributed by atoms with E-state index in [0.29, 0.717) is 6.42 Å². The number of unbranched alkanes of at least 4 members (excludes halogenated alkanes) is 2. The Morgan fingerprint density at radius 3 is 2.33 bits per heavy atom. The van der Waals surface area contributed by atoms with Crippen LogP contribution >= 0.6 is 10.8 Å². The van der Waals surface area contributed by atoms with Gasteiger partial charge in [0.1, 0.15) is 5.75 Å². The number of hydrogen-bond donors (Lipinski definition) is 2. The van der Waals surface area contributed by atoms with Crippen LogP contribution in [0.15, 0.2) is 0 Å². The van der Waals surface area contributed by atoms with Gasteiger partial charge in [0.05, 0.1) is 5.75 Å². The van der Waals surface area contributed by atoms with E-state index in [1.807, 2.05) is 6.92 Å². The van der Waals surface area contributed by atoms with Crippen LogP contribution in [-0.2, 0) is 23.6 Å². The molecule has 0 aromatic carbocycles. The molecule has 0 radical (unpaired) electrons. The minimum atomic E-state index is -4.09. The van der Waals surface area contributed by atoms with Crippen molar-refractivity contribution in [1.82, 2.24) is 0 Å². The highest BCUT2D eigenvalue weighted by atomic mass is 33.1. The molecular formula is C7H17O5S3+. The van der Waals surface area contributed by atoms with Gasteiger partial charge in [-0.25, -0.2) is 0 Å². The molecule has 5 nitrogen and oxygen atoms in total. The van der Waals surface area contributed by atoms with Crippen molar-refractivity contribution in [2.24, 2.45) is 0 Å². The molecule has 0 heterocycles. The maximum absolute atomic E-state index is 11.4. The first-order valence-corrected chi connectivity index (χ1v) is 9.40. The first-order chi connectivity index (χ1) is 6.77. The van der Waals surface area contributed by atoms with Crippen molar-refractivity contribution in [3.05, 3.63) is 0 Å². The molecular weight excluding hydrogens is 260 g/mol. The average molecular weight is 277 g/mol. The lowest BCUT2D eigenvalue weighted by Gasteiger charge is -2.03. The summed E-state index contributed by atoms with van der Waals surface area (Å²) in [4.78, 5) is 0. The van der Waals surface area contributed by atoms with Crippen LogP contribution in [0.2, 0.25) is 0 Å². The molecule has 92 valence electrons. The lowest BCUT2D eigenvalue weighted by Crippen LogP contribution is -2.20. The predicted octanol–water partition coefficient (Wildman–Crippen LogP) is 1.69. The van der Waals surface area contributed by atoms with Crippen molar-refractivity contribution in [1.29, 1.82) is 0 Å². The first-order valence-electron chi connectivity index (χ1n) is 4.60. The third-order valence-electron chi connectivity index (χ3n) is 1.70. The van der Waals surface area contributed by atoms with Gasteiger partial charge in [0, 0.05) is 10.8 Å². The molecule has 0 aliphatic heterocycles. The van der Waals surface area contributed by atoms with Crippen LogP contribution < -0.4 is 0 Å². The third-order valence-corrected chi connectivity index (χ3v) is 5.79. The van der Waals surface area contributed by atoms with Crippen LogP contribution in [0, 0.1) is 0 Å². The molecule has 2 N–H and O–H groups in total. The van der Waals surface area contributed by atoms with Crippen molar-refractivity contribution >= 4 is 30.2 Å². The van der Waals surface area contributed by atoms with Gasteiger partial charge in [-0.15, -0.1) is 0 Å². The van der Waals surface area contributed by atoms with Gasteiger partial charge in [-0.05, 0) is 12.8 Å². The van der Waals surface area contributed by atoms with Gasteiger partial charge < -0.3 is 0 Å². The smallest absolute Gasteiger partial charge is 0.277 e. The largest absolute Gasteiger partial charge is 0.319 e. The van der Waals surface area contributed by atoms with Crippen molar-refractivity contribution in [2.75, 3.05) is 17.3 Å². The van der Waals surface area contributed by atoms with Gasteiger partial charge in [0.2, 0.25) is 10.2 Å². The Balaban J connectivity index is 3.79. The van der Waals surface area contributed by atoms with Gasteiger partial charge in [0.25, 0.3) is 0 Å². The molecule has 0 saturated carbocycles. The zero-order valence-corrected chi connectivity index (χ0v) is 11.0. The summed E-state index contributed by atoms with van der Waals surface area (Å²) in [5.41, 5.74) is 0. The Hall–Kier alpha value is 0.370. The monoisotopic (exact) mass is 277 g/mol. The van der Waals surface area contributed by atoms with Crippen molar-refractivity contribution in [2.45, 2.75) is 26.2 Å². The Morgan fingerprint density at radius 1 is 1.27 bits per heavy atom. The fourth-order valence-electron chi connectivity index (χ4n) is 0.949. The molecule has 0 aliphatic rings. The van der Waals surface area contributed by atoms with Crippen LogP contribution in [0.5, 0.6) is 0 Å². The topological polar surface area (TPSA) is 91.7 Å². The first kappa shape index (κ1) is 15.4. The molecule has 0 amide bonds. The molecule has 15 heavy (non-hydrogen) atoms. The second kappa shape index (κ2) is 6.85. The summed E-state index contributed by atoms with van der Waals surface area (Å²) in [5, 5.41) is 0. The van der Waals surface area contributed by atoms with Gasteiger partial charge in [0.15, 0.2) is 5.75 Å². The van der Waals surface area contributed by atoms with E-state index in [1.54, 1.807) is 0 Å². The molecule has 0 aromatic heterocycles. The number of hydrogen-bond acceptors (Lipinski definition) is 4. The van der Waals surface area contributed by atoms with E-state index >= 15 is 0 Å². The summed E-state index contributed by atoms with van der Waals surface area (Å²) in [6.07, 6.45) is 2.53. The number of rotatable bonds is 8. The van der Waals surface area contributed by atoms with Crippen LogP contribution in [0.25, 0.3) is 0 Å². The van der Waals surface area contributed by atoms with Gasteiger partial charge in [-0.3, -0.25) is 4.55 Å². The van der Waals surface area contributed by atoms with E-state index in [1.165, 1.54) is 0 Å². The quantitative estimate of drug-likeness (QED) is 0.303. The van der Waals surface area contributed by atoms with Crippen LogP contribution in [0.4, 0.5) is 0 Å². The maximum Gasteiger partial charge on any atom is 0.319 e. The maximum atomic E-state index is 11.4. The summed E-state index contributed by atoms with van der Waals surface area (Å²) >= 11 is 0. The average Bonchev–Trinajstić information content (AvgIpc) is 2.01. The van der Waals surface area contributed by atoms with Crippen molar-refractivity contribution < 1.29 is 21.7 Å². The van der Waals surface area contributed by atoms with Crippen molar-refractivity contribution in [3.63, 3.8) is 0 Å². The standard InChI is InChI=1S/C7H16O5S3/c1-2-3-4-6-14(8,9)7-5-13-15(10,11)12/h2-7H2,1H3,(H-,8,9,10,11,12)/p+1. The zero-order valence-electron chi connectivity index (χ0n) is 8.59. The molecule has 0 rings (SSSR count). The highest BCUT2D eigenvalue weighted by Crippen LogP contribution is 2.13. The van der Waals surface area contributed by atoms with Gasteiger partial charge >= 0.3 is 9.15 Å². The minimum Gasteiger partial charge on any atom is -0.277 e. The van der Waals surface area contributed by atoms with Crippen LogP contribution in [-0.4, -0.2) is 34.8 Å². The second-order valence-electron chi connectivity index (χ2n) is 3.14. The van der Waals surface area contributed by atoms with E-state index in [-0.39, 0.29) is 28.1 Å². The molecule has 0 bridgehead atoms.